The normalized spacial score (nSPS) is 19.5. The minimum Gasteiger partial charge on any atom is -0.359 e. The summed E-state index contributed by atoms with van der Waals surface area (Å²) >= 11 is 0. The number of rotatable bonds is 2. The summed E-state index contributed by atoms with van der Waals surface area (Å²) < 4.78 is 12.8. The highest BCUT2D eigenvalue weighted by Gasteiger charge is 2.34. The maximum Gasteiger partial charge on any atom is 0.227 e. The van der Waals surface area contributed by atoms with Crippen molar-refractivity contribution in [3.05, 3.63) is 30.1 Å². The molecule has 1 heterocycles. The molecule has 4 nitrogen and oxygen atoms in total. The number of benzene rings is 1. The number of anilines is 1. The van der Waals surface area contributed by atoms with Crippen LogP contribution in [0.2, 0.25) is 0 Å². The van der Waals surface area contributed by atoms with Crippen LogP contribution in [0.3, 0.4) is 0 Å². The summed E-state index contributed by atoms with van der Waals surface area (Å²) in [7, 11) is 1.55. The lowest BCUT2D eigenvalue weighted by Gasteiger charge is -2.16. The summed E-state index contributed by atoms with van der Waals surface area (Å²) in [6, 6.07) is 5.69. The highest BCUT2D eigenvalue weighted by Crippen LogP contribution is 2.25. The molecule has 2 rings (SSSR count). The molecule has 1 N–H and O–H groups in total. The van der Waals surface area contributed by atoms with E-state index >= 15 is 0 Å². The molecule has 0 aromatic heterocycles. The molecule has 0 bridgehead atoms. The fraction of sp³-hybridized carbons (Fsp3) is 0.333. The minimum atomic E-state index is -0.344. The fourth-order valence-electron chi connectivity index (χ4n) is 1.96. The Balaban J connectivity index is 2.15. The molecule has 1 aromatic rings. The van der Waals surface area contributed by atoms with E-state index in [4.69, 9.17) is 0 Å². The second kappa shape index (κ2) is 4.53. The SMILES string of the molecule is CNC(=O)C1CC(=O)N(c2ccc(F)cc2)C1. The Bertz CT molecular complexity index is 444. The zero-order valence-electron chi connectivity index (χ0n) is 9.44. The number of carbonyl (C=O) groups is 2. The molecule has 5 heteroatoms. The average Bonchev–Trinajstić information content (AvgIpc) is 2.71. The Kier molecular flexibility index (Phi) is 3.08. The number of amides is 2. The molecule has 17 heavy (non-hydrogen) atoms. The quantitative estimate of drug-likeness (QED) is 0.830. The summed E-state index contributed by atoms with van der Waals surface area (Å²) in [5.41, 5.74) is 0.628. The van der Waals surface area contributed by atoms with Crippen LogP contribution < -0.4 is 10.2 Å². The highest BCUT2D eigenvalue weighted by atomic mass is 19.1. The average molecular weight is 236 g/mol. The van der Waals surface area contributed by atoms with E-state index in [0.29, 0.717) is 12.2 Å². The second-order valence-corrected chi connectivity index (χ2v) is 4.00. The number of hydrogen-bond donors (Lipinski definition) is 1. The van der Waals surface area contributed by atoms with Crippen molar-refractivity contribution in [3.8, 4) is 0 Å². The van der Waals surface area contributed by atoms with Gasteiger partial charge in [-0.2, -0.15) is 0 Å². The molecule has 1 fully saturated rings. The molecular weight excluding hydrogens is 223 g/mol. The Morgan fingerprint density at radius 1 is 1.41 bits per heavy atom. The standard InChI is InChI=1S/C12H13FN2O2/c1-14-12(17)8-6-11(16)15(7-8)10-4-2-9(13)3-5-10/h2-5,8H,6-7H2,1H3,(H,14,17). The smallest absolute Gasteiger partial charge is 0.227 e. The molecule has 0 aliphatic carbocycles. The largest absolute Gasteiger partial charge is 0.359 e. The van der Waals surface area contributed by atoms with Gasteiger partial charge in [-0.1, -0.05) is 0 Å². The van der Waals surface area contributed by atoms with Gasteiger partial charge in [0.05, 0.1) is 5.92 Å². The lowest BCUT2D eigenvalue weighted by Crippen LogP contribution is -2.30. The predicted molar refractivity (Wildman–Crippen MR) is 60.9 cm³/mol. The summed E-state index contributed by atoms with van der Waals surface area (Å²) in [5, 5.41) is 2.53. The van der Waals surface area contributed by atoms with Crippen molar-refractivity contribution in [1.29, 1.82) is 0 Å². The second-order valence-electron chi connectivity index (χ2n) is 4.00. The van der Waals surface area contributed by atoms with Gasteiger partial charge in [0.1, 0.15) is 5.82 Å². The Morgan fingerprint density at radius 2 is 2.06 bits per heavy atom. The van der Waals surface area contributed by atoms with Gasteiger partial charge in [0.2, 0.25) is 11.8 Å². The van der Waals surface area contributed by atoms with E-state index in [0.717, 1.165) is 0 Å². The number of nitrogens with one attached hydrogen (secondary N) is 1. The molecule has 1 aliphatic heterocycles. The first kappa shape index (κ1) is 11.6. The molecule has 1 aliphatic rings. The first-order valence-corrected chi connectivity index (χ1v) is 5.39. The van der Waals surface area contributed by atoms with Gasteiger partial charge in [0, 0.05) is 25.7 Å². The first-order chi connectivity index (χ1) is 8.11. The van der Waals surface area contributed by atoms with Gasteiger partial charge in [0.15, 0.2) is 0 Å². The van der Waals surface area contributed by atoms with Crippen molar-refractivity contribution in [2.24, 2.45) is 5.92 Å². The number of halogens is 1. The van der Waals surface area contributed by atoms with E-state index in [-0.39, 0.29) is 30.0 Å². The van der Waals surface area contributed by atoms with E-state index in [1.807, 2.05) is 0 Å². The predicted octanol–water partition coefficient (Wildman–Crippen LogP) is 0.925. The van der Waals surface area contributed by atoms with Crippen LogP contribution in [0.4, 0.5) is 10.1 Å². The lowest BCUT2D eigenvalue weighted by molar-refractivity contribution is -0.125. The molecule has 1 saturated heterocycles. The fourth-order valence-corrected chi connectivity index (χ4v) is 1.96. The van der Waals surface area contributed by atoms with Crippen LogP contribution in [-0.4, -0.2) is 25.4 Å². The topological polar surface area (TPSA) is 49.4 Å². The molecule has 2 amide bonds. The maximum absolute atomic E-state index is 12.8. The molecule has 0 radical (unpaired) electrons. The molecule has 1 atom stereocenters. The third kappa shape index (κ3) is 2.27. The lowest BCUT2D eigenvalue weighted by atomic mass is 10.1. The Labute approximate surface area is 98.4 Å². The maximum atomic E-state index is 12.8. The van der Waals surface area contributed by atoms with E-state index in [1.165, 1.54) is 17.0 Å². The van der Waals surface area contributed by atoms with Crippen LogP contribution in [0.25, 0.3) is 0 Å². The van der Waals surface area contributed by atoms with Gasteiger partial charge in [0.25, 0.3) is 0 Å². The van der Waals surface area contributed by atoms with Gasteiger partial charge in [-0.15, -0.1) is 0 Å². The van der Waals surface area contributed by atoms with Crippen molar-refractivity contribution in [3.63, 3.8) is 0 Å². The summed E-state index contributed by atoms with van der Waals surface area (Å²) in [6.45, 7) is 0.351. The third-order valence-electron chi connectivity index (χ3n) is 2.88. The van der Waals surface area contributed by atoms with Crippen molar-refractivity contribution in [2.75, 3.05) is 18.5 Å². The Morgan fingerprint density at radius 3 is 2.65 bits per heavy atom. The number of nitrogens with zero attached hydrogens (tertiary/aromatic N) is 1. The van der Waals surface area contributed by atoms with Crippen molar-refractivity contribution in [2.45, 2.75) is 6.42 Å². The summed E-state index contributed by atoms with van der Waals surface area (Å²) in [5.74, 6) is -0.908. The third-order valence-corrected chi connectivity index (χ3v) is 2.88. The zero-order valence-corrected chi connectivity index (χ0v) is 9.44. The summed E-state index contributed by atoms with van der Waals surface area (Å²) in [4.78, 5) is 24.7. The minimum absolute atomic E-state index is 0.106. The molecule has 90 valence electrons. The summed E-state index contributed by atoms with van der Waals surface area (Å²) in [6.07, 6.45) is 0.205. The van der Waals surface area contributed by atoms with Crippen molar-refractivity contribution < 1.29 is 14.0 Å². The van der Waals surface area contributed by atoms with Crippen LogP contribution in [0, 0.1) is 11.7 Å². The molecular formula is C12H13FN2O2. The van der Waals surface area contributed by atoms with Gasteiger partial charge < -0.3 is 10.2 Å². The van der Waals surface area contributed by atoms with Gasteiger partial charge in [-0.05, 0) is 24.3 Å². The first-order valence-electron chi connectivity index (χ1n) is 5.39. The van der Waals surface area contributed by atoms with Crippen LogP contribution >= 0.6 is 0 Å². The van der Waals surface area contributed by atoms with Crippen LogP contribution in [0.15, 0.2) is 24.3 Å². The van der Waals surface area contributed by atoms with Crippen LogP contribution in [0.1, 0.15) is 6.42 Å². The Hall–Kier alpha value is -1.91. The molecule has 0 saturated carbocycles. The van der Waals surface area contributed by atoms with E-state index < -0.39 is 0 Å². The van der Waals surface area contributed by atoms with Gasteiger partial charge >= 0.3 is 0 Å². The van der Waals surface area contributed by atoms with E-state index in [2.05, 4.69) is 5.32 Å². The molecule has 0 spiro atoms. The van der Waals surface area contributed by atoms with E-state index in [9.17, 15) is 14.0 Å². The number of hydrogen-bond acceptors (Lipinski definition) is 2. The monoisotopic (exact) mass is 236 g/mol. The molecule has 1 unspecified atom stereocenters. The van der Waals surface area contributed by atoms with Crippen LogP contribution in [-0.2, 0) is 9.59 Å². The van der Waals surface area contributed by atoms with Crippen molar-refractivity contribution >= 4 is 17.5 Å². The highest BCUT2D eigenvalue weighted by molar-refractivity contribution is 6.00. The van der Waals surface area contributed by atoms with Crippen LogP contribution in [0.5, 0.6) is 0 Å². The van der Waals surface area contributed by atoms with Gasteiger partial charge in [-0.3, -0.25) is 9.59 Å². The number of carbonyl (C=O) groups excluding carboxylic acids is 2. The zero-order chi connectivity index (χ0) is 12.4. The van der Waals surface area contributed by atoms with Crippen molar-refractivity contribution in [1.82, 2.24) is 5.32 Å². The van der Waals surface area contributed by atoms with Gasteiger partial charge in [-0.25, -0.2) is 4.39 Å². The van der Waals surface area contributed by atoms with E-state index in [1.54, 1.807) is 19.2 Å². The molecule has 1 aromatic carbocycles.